The van der Waals surface area contributed by atoms with Crippen LogP contribution in [0.4, 0.5) is 10.5 Å². The molecule has 1 aromatic carbocycles. The number of carboxylic acid groups (broad SMARTS) is 1. The molecule has 1 aliphatic rings. The molecule has 0 bridgehead atoms. The predicted molar refractivity (Wildman–Crippen MR) is 70.8 cm³/mol. The smallest absolute Gasteiger partial charge is 0.404 e. The van der Waals surface area contributed by atoms with E-state index in [4.69, 9.17) is 9.84 Å². The summed E-state index contributed by atoms with van der Waals surface area (Å²) in [4.78, 5) is 20.9. The standard InChI is InChI=1S/C13H16N2O5/c16-13(17)14-8-9-7-11(5-6-12(9)15(18)19)20-10-3-1-2-4-10/h5-7,10,14H,1-4,8H2,(H,16,17). The van der Waals surface area contributed by atoms with Crippen LogP contribution in [0.3, 0.4) is 0 Å². The number of nitrogens with one attached hydrogen (secondary N) is 1. The Labute approximate surface area is 115 Å². The van der Waals surface area contributed by atoms with Crippen molar-refractivity contribution in [3.05, 3.63) is 33.9 Å². The molecule has 1 amide bonds. The summed E-state index contributed by atoms with van der Waals surface area (Å²) < 4.78 is 5.76. The summed E-state index contributed by atoms with van der Waals surface area (Å²) in [6, 6.07) is 4.44. The maximum absolute atomic E-state index is 10.9. The summed E-state index contributed by atoms with van der Waals surface area (Å²) in [6.07, 6.45) is 3.16. The molecule has 20 heavy (non-hydrogen) atoms. The van der Waals surface area contributed by atoms with Crippen LogP contribution in [-0.2, 0) is 6.54 Å². The van der Waals surface area contributed by atoms with Crippen LogP contribution in [0, 0.1) is 10.1 Å². The largest absolute Gasteiger partial charge is 0.490 e. The van der Waals surface area contributed by atoms with Crippen molar-refractivity contribution in [1.29, 1.82) is 0 Å². The minimum Gasteiger partial charge on any atom is -0.490 e. The molecule has 0 aliphatic heterocycles. The molecule has 108 valence electrons. The van der Waals surface area contributed by atoms with Gasteiger partial charge < -0.3 is 15.2 Å². The van der Waals surface area contributed by atoms with Crippen LogP contribution in [0.5, 0.6) is 5.75 Å². The quantitative estimate of drug-likeness (QED) is 0.637. The Balaban J connectivity index is 2.15. The number of carbonyl (C=O) groups is 1. The number of hydrogen-bond donors (Lipinski definition) is 2. The Morgan fingerprint density at radius 2 is 2.15 bits per heavy atom. The molecule has 2 rings (SSSR count). The van der Waals surface area contributed by atoms with Gasteiger partial charge in [-0.3, -0.25) is 10.1 Å². The van der Waals surface area contributed by atoms with Gasteiger partial charge in [-0.05, 0) is 37.8 Å². The molecule has 0 heterocycles. The van der Waals surface area contributed by atoms with Crippen LogP contribution < -0.4 is 10.1 Å². The molecule has 1 saturated carbocycles. The minimum absolute atomic E-state index is 0.113. The van der Waals surface area contributed by atoms with Gasteiger partial charge in [0.25, 0.3) is 5.69 Å². The molecule has 7 nitrogen and oxygen atoms in total. The molecular formula is C13H16N2O5. The molecule has 0 radical (unpaired) electrons. The number of benzene rings is 1. The summed E-state index contributed by atoms with van der Waals surface area (Å²) in [6.45, 7) is -0.118. The molecule has 7 heteroatoms. The second-order valence-electron chi connectivity index (χ2n) is 4.73. The predicted octanol–water partition coefficient (Wildman–Crippen LogP) is 2.68. The fraction of sp³-hybridized carbons (Fsp3) is 0.462. The highest BCUT2D eigenvalue weighted by molar-refractivity contribution is 5.64. The van der Waals surface area contributed by atoms with Crippen LogP contribution >= 0.6 is 0 Å². The van der Waals surface area contributed by atoms with Gasteiger partial charge in [0.1, 0.15) is 5.75 Å². The van der Waals surface area contributed by atoms with E-state index in [0.29, 0.717) is 11.3 Å². The normalized spacial score (nSPS) is 15.0. The Kier molecular flexibility index (Phi) is 4.39. The fourth-order valence-corrected chi connectivity index (χ4v) is 2.32. The van der Waals surface area contributed by atoms with Crippen molar-refractivity contribution in [2.75, 3.05) is 0 Å². The van der Waals surface area contributed by atoms with Gasteiger partial charge in [0, 0.05) is 6.07 Å². The van der Waals surface area contributed by atoms with Gasteiger partial charge in [0.05, 0.1) is 23.1 Å². The van der Waals surface area contributed by atoms with E-state index in [1.54, 1.807) is 6.07 Å². The van der Waals surface area contributed by atoms with Crippen molar-refractivity contribution in [3.63, 3.8) is 0 Å². The SMILES string of the molecule is O=C(O)NCc1cc(OC2CCCC2)ccc1[N+](=O)[O-]. The second kappa shape index (κ2) is 6.23. The van der Waals surface area contributed by atoms with Crippen molar-refractivity contribution >= 4 is 11.8 Å². The Hall–Kier alpha value is -2.31. The number of rotatable bonds is 5. The third-order valence-corrected chi connectivity index (χ3v) is 3.28. The zero-order chi connectivity index (χ0) is 14.5. The number of nitrogens with zero attached hydrogens (tertiary/aromatic N) is 1. The molecule has 1 aromatic rings. The summed E-state index contributed by atoms with van der Waals surface area (Å²) in [5.74, 6) is 0.546. The van der Waals surface area contributed by atoms with E-state index in [-0.39, 0.29) is 18.3 Å². The maximum atomic E-state index is 10.9. The molecule has 0 unspecified atom stereocenters. The first kappa shape index (κ1) is 14.1. The number of nitro benzene ring substituents is 1. The van der Waals surface area contributed by atoms with Crippen LogP contribution in [-0.4, -0.2) is 22.2 Å². The van der Waals surface area contributed by atoms with Crippen LogP contribution in [0.2, 0.25) is 0 Å². The fourth-order valence-electron chi connectivity index (χ4n) is 2.32. The summed E-state index contributed by atoms with van der Waals surface area (Å²) >= 11 is 0. The second-order valence-corrected chi connectivity index (χ2v) is 4.73. The molecule has 0 spiro atoms. The van der Waals surface area contributed by atoms with Gasteiger partial charge >= 0.3 is 6.09 Å². The molecule has 0 atom stereocenters. The van der Waals surface area contributed by atoms with Gasteiger partial charge in [0.2, 0.25) is 0 Å². The first-order valence-electron chi connectivity index (χ1n) is 6.47. The van der Waals surface area contributed by atoms with Gasteiger partial charge in [-0.15, -0.1) is 0 Å². The first-order chi connectivity index (χ1) is 9.56. The van der Waals surface area contributed by atoms with E-state index >= 15 is 0 Å². The van der Waals surface area contributed by atoms with E-state index in [0.717, 1.165) is 25.7 Å². The summed E-state index contributed by atoms with van der Waals surface area (Å²) in [7, 11) is 0. The Morgan fingerprint density at radius 3 is 2.75 bits per heavy atom. The lowest BCUT2D eigenvalue weighted by atomic mass is 10.1. The molecule has 2 N–H and O–H groups in total. The van der Waals surface area contributed by atoms with E-state index in [1.807, 2.05) is 0 Å². The lowest BCUT2D eigenvalue weighted by Crippen LogP contribution is -2.20. The minimum atomic E-state index is -1.22. The molecule has 0 aromatic heterocycles. The van der Waals surface area contributed by atoms with E-state index in [1.165, 1.54) is 12.1 Å². The molecule has 0 saturated heterocycles. The number of nitro groups is 1. The third-order valence-electron chi connectivity index (χ3n) is 3.28. The van der Waals surface area contributed by atoms with E-state index < -0.39 is 11.0 Å². The average molecular weight is 280 g/mol. The van der Waals surface area contributed by atoms with Gasteiger partial charge in [-0.25, -0.2) is 4.79 Å². The van der Waals surface area contributed by atoms with Crippen LogP contribution in [0.15, 0.2) is 18.2 Å². The number of ether oxygens (including phenoxy) is 1. The number of hydrogen-bond acceptors (Lipinski definition) is 4. The zero-order valence-electron chi connectivity index (χ0n) is 10.9. The zero-order valence-corrected chi connectivity index (χ0v) is 10.9. The number of amides is 1. The Bertz CT molecular complexity index is 511. The van der Waals surface area contributed by atoms with Crippen LogP contribution in [0.25, 0.3) is 0 Å². The Morgan fingerprint density at radius 1 is 1.45 bits per heavy atom. The highest BCUT2D eigenvalue weighted by atomic mass is 16.6. The summed E-state index contributed by atoms with van der Waals surface area (Å²) in [5, 5.41) is 21.6. The van der Waals surface area contributed by atoms with Crippen molar-refractivity contribution in [1.82, 2.24) is 5.32 Å². The lowest BCUT2D eigenvalue weighted by molar-refractivity contribution is -0.385. The maximum Gasteiger partial charge on any atom is 0.404 e. The topological polar surface area (TPSA) is 102 Å². The van der Waals surface area contributed by atoms with Gasteiger partial charge in [-0.2, -0.15) is 0 Å². The highest BCUT2D eigenvalue weighted by Crippen LogP contribution is 2.28. The van der Waals surface area contributed by atoms with E-state index in [9.17, 15) is 14.9 Å². The van der Waals surface area contributed by atoms with Gasteiger partial charge in [-0.1, -0.05) is 0 Å². The van der Waals surface area contributed by atoms with E-state index in [2.05, 4.69) is 5.32 Å². The first-order valence-corrected chi connectivity index (χ1v) is 6.47. The van der Waals surface area contributed by atoms with Gasteiger partial charge in [0.15, 0.2) is 0 Å². The third kappa shape index (κ3) is 3.59. The molecular weight excluding hydrogens is 264 g/mol. The van der Waals surface area contributed by atoms with Crippen molar-refractivity contribution < 1.29 is 19.6 Å². The summed E-state index contributed by atoms with van der Waals surface area (Å²) in [5.41, 5.74) is 0.186. The molecule has 1 fully saturated rings. The molecule has 1 aliphatic carbocycles. The lowest BCUT2D eigenvalue weighted by Gasteiger charge is -2.14. The average Bonchev–Trinajstić information content (AvgIpc) is 2.89. The van der Waals surface area contributed by atoms with Crippen molar-refractivity contribution in [2.24, 2.45) is 0 Å². The monoisotopic (exact) mass is 280 g/mol. The van der Waals surface area contributed by atoms with Crippen molar-refractivity contribution in [3.8, 4) is 5.75 Å². The highest BCUT2D eigenvalue weighted by Gasteiger charge is 2.19. The van der Waals surface area contributed by atoms with Crippen molar-refractivity contribution in [2.45, 2.75) is 38.3 Å². The van der Waals surface area contributed by atoms with Crippen LogP contribution in [0.1, 0.15) is 31.2 Å².